The molecule has 2 heteroatoms. The van der Waals surface area contributed by atoms with E-state index in [4.69, 9.17) is 0 Å². The van der Waals surface area contributed by atoms with E-state index in [1.54, 1.807) is 0 Å². The van der Waals surface area contributed by atoms with Crippen molar-refractivity contribution in [3.05, 3.63) is 24.0 Å². The summed E-state index contributed by atoms with van der Waals surface area (Å²) in [5.74, 6) is 0. The van der Waals surface area contributed by atoms with Crippen LogP contribution in [-0.4, -0.2) is 10.9 Å². The standard InChI is InChI=1S/C7H9NO/c1-8-5-2-3-7(8)4-6-9/h2-3,5-6H,4H2,1H3. The molecule has 2 nitrogen and oxygen atoms in total. The van der Waals surface area contributed by atoms with Crippen molar-refractivity contribution >= 4 is 6.29 Å². The van der Waals surface area contributed by atoms with Crippen LogP contribution in [0.2, 0.25) is 0 Å². The summed E-state index contributed by atoms with van der Waals surface area (Å²) in [6, 6.07) is 3.87. The zero-order valence-electron chi connectivity index (χ0n) is 5.37. The second-order valence-corrected chi connectivity index (χ2v) is 1.98. The van der Waals surface area contributed by atoms with E-state index in [1.165, 1.54) is 0 Å². The summed E-state index contributed by atoms with van der Waals surface area (Å²) in [5.41, 5.74) is 1.06. The zero-order valence-corrected chi connectivity index (χ0v) is 5.37. The van der Waals surface area contributed by atoms with E-state index in [1.807, 2.05) is 29.9 Å². The maximum atomic E-state index is 10.0. The highest BCUT2D eigenvalue weighted by atomic mass is 16.1. The first kappa shape index (κ1) is 6.08. The normalized spacial score (nSPS) is 9.44. The lowest BCUT2D eigenvalue weighted by atomic mass is 10.3. The molecule has 0 amide bonds. The van der Waals surface area contributed by atoms with Crippen LogP contribution in [-0.2, 0) is 18.3 Å². The number of hydrogen-bond acceptors (Lipinski definition) is 1. The van der Waals surface area contributed by atoms with Gasteiger partial charge in [0.15, 0.2) is 0 Å². The summed E-state index contributed by atoms with van der Waals surface area (Å²) in [6.45, 7) is 0. The Morgan fingerprint density at radius 1 is 1.78 bits per heavy atom. The van der Waals surface area contributed by atoms with Gasteiger partial charge in [0.1, 0.15) is 6.29 Å². The highest BCUT2D eigenvalue weighted by Gasteiger charge is 1.92. The number of aldehydes is 1. The molecule has 1 aromatic heterocycles. The van der Waals surface area contributed by atoms with Gasteiger partial charge in [-0.05, 0) is 12.1 Å². The van der Waals surface area contributed by atoms with Gasteiger partial charge in [0.2, 0.25) is 0 Å². The summed E-state index contributed by atoms with van der Waals surface area (Å²) >= 11 is 0. The minimum atomic E-state index is 0.517. The van der Waals surface area contributed by atoms with Crippen molar-refractivity contribution in [1.82, 2.24) is 4.57 Å². The van der Waals surface area contributed by atoms with E-state index >= 15 is 0 Å². The molecule has 0 bridgehead atoms. The molecule has 0 spiro atoms. The SMILES string of the molecule is Cn1cccc1CC=O. The Kier molecular flexibility index (Phi) is 1.68. The molecule has 1 aromatic rings. The fourth-order valence-corrected chi connectivity index (χ4v) is 0.794. The first-order valence-corrected chi connectivity index (χ1v) is 2.88. The van der Waals surface area contributed by atoms with Gasteiger partial charge < -0.3 is 9.36 Å². The van der Waals surface area contributed by atoms with Crippen molar-refractivity contribution < 1.29 is 4.79 Å². The monoisotopic (exact) mass is 123 g/mol. The zero-order chi connectivity index (χ0) is 6.69. The molecular weight excluding hydrogens is 114 g/mol. The highest BCUT2D eigenvalue weighted by molar-refractivity contribution is 5.53. The first-order valence-electron chi connectivity index (χ1n) is 2.88. The van der Waals surface area contributed by atoms with E-state index in [-0.39, 0.29) is 0 Å². The quantitative estimate of drug-likeness (QED) is 0.532. The van der Waals surface area contributed by atoms with Gasteiger partial charge >= 0.3 is 0 Å². The second-order valence-electron chi connectivity index (χ2n) is 1.98. The molecule has 9 heavy (non-hydrogen) atoms. The Balaban J connectivity index is 2.80. The first-order chi connectivity index (χ1) is 4.34. The fourth-order valence-electron chi connectivity index (χ4n) is 0.794. The van der Waals surface area contributed by atoms with Gasteiger partial charge in [-0.2, -0.15) is 0 Å². The van der Waals surface area contributed by atoms with Crippen molar-refractivity contribution in [2.45, 2.75) is 6.42 Å². The van der Waals surface area contributed by atoms with Crippen LogP contribution in [0.3, 0.4) is 0 Å². The lowest BCUT2D eigenvalue weighted by molar-refractivity contribution is -0.107. The van der Waals surface area contributed by atoms with Crippen LogP contribution < -0.4 is 0 Å². The number of rotatable bonds is 2. The number of hydrogen-bond donors (Lipinski definition) is 0. The van der Waals surface area contributed by atoms with Crippen LogP contribution in [0.4, 0.5) is 0 Å². The predicted octanol–water partition coefficient (Wildman–Crippen LogP) is 0.766. The van der Waals surface area contributed by atoms with Crippen molar-refractivity contribution in [2.75, 3.05) is 0 Å². The second kappa shape index (κ2) is 2.49. The highest BCUT2D eigenvalue weighted by Crippen LogP contribution is 1.97. The molecule has 0 N–H and O–H groups in total. The third kappa shape index (κ3) is 1.19. The van der Waals surface area contributed by atoms with Gasteiger partial charge in [-0.25, -0.2) is 0 Å². The molecule has 0 atom stereocenters. The van der Waals surface area contributed by atoms with Crippen LogP contribution >= 0.6 is 0 Å². The summed E-state index contributed by atoms with van der Waals surface area (Å²) in [7, 11) is 1.93. The molecule has 48 valence electrons. The van der Waals surface area contributed by atoms with Gasteiger partial charge in [0.25, 0.3) is 0 Å². The Morgan fingerprint density at radius 3 is 3.00 bits per heavy atom. The van der Waals surface area contributed by atoms with E-state index in [2.05, 4.69) is 0 Å². The Morgan fingerprint density at radius 2 is 2.56 bits per heavy atom. The molecule has 0 saturated carbocycles. The van der Waals surface area contributed by atoms with Gasteiger partial charge in [-0.1, -0.05) is 0 Å². The van der Waals surface area contributed by atoms with Crippen LogP contribution in [0.15, 0.2) is 18.3 Å². The van der Waals surface area contributed by atoms with Crippen LogP contribution in [0.5, 0.6) is 0 Å². The van der Waals surface area contributed by atoms with Gasteiger partial charge in [0, 0.05) is 25.4 Å². The molecule has 0 aliphatic carbocycles. The van der Waals surface area contributed by atoms with E-state index in [0.717, 1.165) is 12.0 Å². The summed E-state index contributed by atoms with van der Waals surface area (Å²) in [4.78, 5) is 10.0. The predicted molar refractivity (Wildman–Crippen MR) is 35.2 cm³/mol. The molecule has 0 aliphatic rings. The lowest BCUT2D eigenvalue weighted by Gasteiger charge is -1.94. The minimum Gasteiger partial charge on any atom is -0.354 e. The van der Waals surface area contributed by atoms with E-state index in [0.29, 0.717) is 6.42 Å². The minimum absolute atomic E-state index is 0.517. The maximum absolute atomic E-state index is 10.0. The molecule has 1 heterocycles. The summed E-state index contributed by atoms with van der Waals surface area (Å²) < 4.78 is 1.94. The molecule has 0 radical (unpaired) electrons. The van der Waals surface area contributed by atoms with Crippen molar-refractivity contribution in [2.24, 2.45) is 7.05 Å². The van der Waals surface area contributed by atoms with Crippen LogP contribution in [0.1, 0.15) is 5.69 Å². The summed E-state index contributed by atoms with van der Waals surface area (Å²) in [5, 5.41) is 0. The van der Waals surface area contributed by atoms with Gasteiger partial charge in [-0.3, -0.25) is 0 Å². The average molecular weight is 123 g/mol. The summed E-state index contributed by atoms with van der Waals surface area (Å²) in [6.07, 6.45) is 3.36. The molecule has 0 unspecified atom stereocenters. The topological polar surface area (TPSA) is 22.0 Å². The third-order valence-corrected chi connectivity index (χ3v) is 1.34. The number of nitrogens with zero attached hydrogens (tertiary/aromatic N) is 1. The molecule has 0 aromatic carbocycles. The maximum Gasteiger partial charge on any atom is 0.125 e. The number of aryl methyl sites for hydroxylation is 1. The molecule has 0 saturated heterocycles. The lowest BCUT2D eigenvalue weighted by Crippen LogP contribution is -1.94. The number of carbonyl (C=O) groups excluding carboxylic acids is 1. The van der Waals surface area contributed by atoms with Crippen molar-refractivity contribution in [1.29, 1.82) is 0 Å². The van der Waals surface area contributed by atoms with Crippen molar-refractivity contribution in [3.63, 3.8) is 0 Å². The third-order valence-electron chi connectivity index (χ3n) is 1.34. The Labute approximate surface area is 54.1 Å². The van der Waals surface area contributed by atoms with E-state index < -0.39 is 0 Å². The van der Waals surface area contributed by atoms with E-state index in [9.17, 15) is 4.79 Å². The van der Waals surface area contributed by atoms with Crippen LogP contribution in [0.25, 0.3) is 0 Å². The van der Waals surface area contributed by atoms with Crippen LogP contribution in [0, 0.1) is 0 Å². The average Bonchev–Trinajstić information content (AvgIpc) is 2.18. The van der Waals surface area contributed by atoms with Crippen molar-refractivity contribution in [3.8, 4) is 0 Å². The number of carbonyl (C=O) groups is 1. The Hall–Kier alpha value is -1.05. The van der Waals surface area contributed by atoms with Gasteiger partial charge in [-0.15, -0.1) is 0 Å². The number of aromatic nitrogens is 1. The molecule has 1 rings (SSSR count). The smallest absolute Gasteiger partial charge is 0.125 e. The van der Waals surface area contributed by atoms with Gasteiger partial charge in [0.05, 0.1) is 0 Å². The molecular formula is C7H9NO. The molecule has 0 aliphatic heterocycles. The fraction of sp³-hybridized carbons (Fsp3) is 0.286. The largest absolute Gasteiger partial charge is 0.354 e. The Bertz CT molecular complexity index is 202. The molecule has 0 fully saturated rings.